The summed E-state index contributed by atoms with van der Waals surface area (Å²) in [5, 5.41) is 6.31. The van der Waals surface area contributed by atoms with Gasteiger partial charge in [-0.1, -0.05) is 44.2 Å². The van der Waals surface area contributed by atoms with E-state index in [-0.39, 0.29) is 12.5 Å². The second-order valence-corrected chi connectivity index (χ2v) is 6.76. The van der Waals surface area contributed by atoms with E-state index in [1.807, 2.05) is 36.4 Å². The fourth-order valence-electron chi connectivity index (χ4n) is 3.19. The summed E-state index contributed by atoms with van der Waals surface area (Å²) < 4.78 is 5.43. The van der Waals surface area contributed by atoms with E-state index in [0.29, 0.717) is 5.92 Å². The van der Waals surface area contributed by atoms with Crippen molar-refractivity contribution in [2.24, 2.45) is 0 Å². The van der Waals surface area contributed by atoms with E-state index in [2.05, 4.69) is 41.5 Å². The second kappa shape index (κ2) is 8.72. The van der Waals surface area contributed by atoms with Crippen molar-refractivity contribution < 1.29 is 9.53 Å². The first kappa shape index (κ1) is 18.3. The van der Waals surface area contributed by atoms with E-state index in [1.165, 1.54) is 0 Å². The average molecular weight is 353 g/mol. The first-order valence-electron chi connectivity index (χ1n) is 9.19. The smallest absolute Gasteiger partial charge is 0.243 e. The molecule has 0 spiro atoms. The lowest BCUT2D eigenvalue weighted by Gasteiger charge is -2.30. The van der Waals surface area contributed by atoms with Gasteiger partial charge >= 0.3 is 0 Å². The molecule has 1 saturated heterocycles. The number of benzene rings is 2. The third-order valence-electron chi connectivity index (χ3n) is 4.55. The van der Waals surface area contributed by atoms with Gasteiger partial charge in [-0.15, -0.1) is 0 Å². The molecule has 2 aromatic rings. The van der Waals surface area contributed by atoms with Gasteiger partial charge in [-0.25, -0.2) is 0 Å². The van der Waals surface area contributed by atoms with Crippen LogP contribution in [-0.4, -0.2) is 38.8 Å². The average Bonchev–Trinajstić information content (AvgIpc) is 2.67. The van der Waals surface area contributed by atoms with Crippen LogP contribution < -0.4 is 15.5 Å². The molecule has 0 radical (unpaired) electrons. The lowest BCUT2D eigenvalue weighted by atomic mass is 10.0. The highest BCUT2D eigenvalue weighted by Gasteiger charge is 2.15. The van der Waals surface area contributed by atoms with Crippen LogP contribution >= 0.6 is 0 Å². The van der Waals surface area contributed by atoms with Crippen molar-refractivity contribution in [1.82, 2.24) is 0 Å². The highest BCUT2D eigenvalue weighted by Crippen LogP contribution is 2.26. The monoisotopic (exact) mass is 353 g/mol. The van der Waals surface area contributed by atoms with Gasteiger partial charge in [-0.05, 0) is 29.7 Å². The van der Waals surface area contributed by atoms with E-state index in [4.69, 9.17) is 4.74 Å². The molecular formula is C21H27N3O2. The number of nitrogens with one attached hydrogen (secondary N) is 2. The molecule has 0 bridgehead atoms. The zero-order valence-electron chi connectivity index (χ0n) is 15.5. The number of nitrogens with zero attached hydrogens (tertiary/aromatic N) is 1. The molecule has 0 atom stereocenters. The zero-order chi connectivity index (χ0) is 18.4. The van der Waals surface area contributed by atoms with E-state index in [1.54, 1.807) is 0 Å². The summed E-state index contributed by atoms with van der Waals surface area (Å²) in [7, 11) is 0. The van der Waals surface area contributed by atoms with Crippen LogP contribution in [0.1, 0.15) is 25.3 Å². The maximum atomic E-state index is 12.4. The molecule has 0 unspecified atom stereocenters. The molecule has 2 N–H and O–H groups in total. The lowest BCUT2D eigenvalue weighted by Crippen LogP contribution is -2.36. The van der Waals surface area contributed by atoms with Crippen molar-refractivity contribution >= 4 is 23.0 Å². The number of morpholine rings is 1. The molecule has 138 valence electrons. The van der Waals surface area contributed by atoms with Crippen LogP contribution in [0.4, 0.5) is 17.1 Å². The fraction of sp³-hybridized carbons (Fsp3) is 0.381. The molecule has 1 fully saturated rings. The summed E-state index contributed by atoms with van der Waals surface area (Å²) in [6.07, 6.45) is 0. The van der Waals surface area contributed by atoms with Gasteiger partial charge in [0.05, 0.1) is 31.1 Å². The number of hydrogen-bond donors (Lipinski definition) is 2. The van der Waals surface area contributed by atoms with E-state index in [9.17, 15) is 4.79 Å². The summed E-state index contributed by atoms with van der Waals surface area (Å²) in [6, 6.07) is 16.1. The Balaban J connectivity index is 1.63. The molecule has 0 aliphatic carbocycles. The largest absolute Gasteiger partial charge is 0.378 e. The summed E-state index contributed by atoms with van der Waals surface area (Å²) in [4.78, 5) is 14.7. The Morgan fingerprint density at radius 1 is 1.04 bits per heavy atom. The Hall–Kier alpha value is -2.53. The second-order valence-electron chi connectivity index (χ2n) is 6.76. The Labute approximate surface area is 155 Å². The minimum atomic E-state index is -0.0464. The van der Waals surface area contributed by atoms with Gasteiger partial charge in [-0.3, -0.25) is 4.79 Å². The minimum Gasteiger partial charge on any atom is -0.378 e. The highest BCUT2D eigenvalue weighted by atomic mass is 16.5. The molecular weight excluding hydrogens is 326 g/mol. The van der Waals surface area contributed by atoms with Crippen molar-refractivity contribution in [2.75, 3.05) is 48.4 Å². The fourth-order valence-corrected chi connectivity index (χ4v) is 3.19. The molecule has 5 nitrogen and oxygen atoms in total. The van der Waals surface area contributed by atoms with Crippen molar-refractivity contribution in [2.45, 2.75) is 19.8 Å². The van der Waals surface area contributed by atoms with E-state index < -0.39 is 0 Å². The first-order chi connectivity index (χ1) is 12.6. The molecule has 26 heavy (non-hydrogen) atoms. The quantitative estimate of drug-likeness (QED) is 0.831. The van der Waals surface area contributed by atoms with Crippen LogP contribution in [0, 0.1) is 0 Å². The number of carbonyl (C=O) groups is 1. The SMILES string of the molecule is CC(C)c1ccccc1NC(=O)CNc1ccccc1N1CCOCC1. The summed E-state index contributed by atoms with van der Waals surface area (Å²) in [5.74, 6) is 0.316. The molecule has 1 aliphatic rings. The van der Waals surface area contributed by atoms with Gasteiger partial charge in [0.1, 0.15) is 0 Å². The number of carbonyl (C=O) groups excluding carboxylic acids is 1. The van der Waals surface area contributed by atoms with Crippen LogP contribution in [0.25, 0.3) is 0 Å². The number of para-hydroxylation sites is 3. The van der Waals surface area contributed by atoms with Crippen molar-refractivity contribution in [1.29, 1.82) is 0 Å². The molecule has 0 saturated carbocycles. The van der Waals surface area contributed by atoms with Crippen LogP contribution in [0.2, 0.25) is 0 Å². The number of rotatable bonds is 6. The molecule has 1 aliphatic heterocycles. The number of hydrogen-bond acceptors (Lipinski definition) is 4. The maximum Gasteiger partial charge on any atom is 0.243 e. The van der Waals surface area contributed by atoms with Gasteiger partial charge in [0, 0.05) is 18.8 Å². The van der Waals surface area contributed by atoms with Gasteiger partial charge in [-0.2, -0.15) is 0 Å². The third-order valence-corrected chi connectivity index (χ3v) is 4.55. The van der Waals surface area contributed by atoms with Gasteiger partial charge in [0.2, 0.25) is 5.91 Å². The van der Waals surface area contributed by atoms with Crippen molar-refractivity contribution in [3.63, 3.8) is 0 Å². The van der Waals surface area contributed by atoms with Gasteiger partial charge < -0.3 is 20.3 Å². The highest BCUT2D eigenvalue weighted by molar-refractivity contribution is 5.95. The topological polar surface area (TPSA) is 53.6 Å². The Bertz CT molecular complexity index is 740. The summed E-state index contributed by atoms with van der Waals surface area (Å²) >= 11 is 0. The van der Waals surface area contributed by atoms with Gasteiger partial charge in [0.15, 0.2) is 0 Å². The summed E-state index contributed by atoms with van der Waals surface area (Å²) in [6.45, 7) is 7.69. The Morgan fingerprint density at radius 2 is 1.69 bits per heavy atom. The standard InChI is InChI=1S/C21H27N3O2/c1-16(2)17-7-3-4-8-18(17)23-21(25)15-22-19-9-5-6-10-20(19)24-11-13-26-14-12-24/h3-10,16,22H,11-15H2,1-2H3,(H,23,25). The van der Waals surface area contributed by atoms with E-state index in [0.717, 1.165) is 48.9 Å². The van der Waals surface area contributed by atoms with Gasteiger partial charge in [0.25, 0.3) is 0 Å². The van der Waals surface area contributed by atoms with Crippen LogP contribution in [0.3, 0.4) is 0 Å². The molecule has 3 rings (SSSR count). The Morgan fingerprint density at radius 3 is 2.42 bits per heavy atom. The molecule has 0 aromatic heterocycles. The number of amides is 1. The predicted octanol–water partition coefficient (Wildman–Crippen LogP) is 3.70. The minimum absolute atomic E-state index is 0.0464. The van der Waals surface area contributed by atoms with Crippen LogP contribution in [0.5, 0.6) is 0 Å². The number of ether oxygens (including phenoxy) is 1. The molecule has 1 amide bonds. The Kier molecular flexibility index (Phi) is 6.12. The first-order valence-corrected chi connectivity index (χ1v) is 9.19. The third kappa shape index (κ3) is 4.55. The van der Waals surface area contributed by atoms with Crippen LogP contribution in [-0.2, 0) is 9.53 Å². The van der Waals surface area contributed by atoms with Crippen molar-refractivity contribution in [3.05, 3.63) is 54.1 Å². The zero-order valence-corrected chi connectivity index (χ0v) is 15.5. The molecule has 5 heteroatoms. The summed E-state index contributed by atoms with van der Waals surface area (Å²) in [5.41, 5.74) is 4.12. The molecule has 1 heterocycles. The maximum absolute atomic E-state index is 12.4. The lowest BCUT2D eigenvalue weighted by molar-refractivity contribution is -0.114. The van der Waals surface area contributed by atoms with E-state index >= 15 is 0 Å². The van der Waals surface area contributed by atoms with Crippen LogP contribution in [0.15, 0.2) is 48.5 Å². The number of anilines is 3. The normalized spacial score (nSPS) is 14.3. The molecule has 2 aromatic carbocycles. The van der Waals surface area contributed by atoms with Crippen molar-refractivity contribution in [3.8, 4) is 0 Å². The predicted molar refractivity (Wildman–Crippen MR) is 107 cm³/mol.